The third kappa shape index (κ3) is 5.38. The summed E-state index contributed by atoms with van der Waals surface area (Å²) in [6, 6.07) is 11.7. The molecule has 1 amide bonds. The zero-order chi connectivity index (χ0) is 21.7. The van der Waals surface area contributed by atoms with Crippen molar-refractivity contribution in [2.75, 3.05) is 15.8 Å². The lowest BCUT2D eigenvalue weighted by Gasteiger charge is -2.13. The first kappa shape index (κ1) is 22.3. The quantitative estimate of drug-likeness (QED) is 0.371. The number of para-hydroxylation sites is 1. The van der Waals surface area contributed by atoms with Gasteiger partial charge in [0.15, 0.2) is 4.34 Å². The largest absolute Gasteiger partial charge is 0.296 e. The van der Waals surface area contributed by atoms with Crippen LogP contribution in [0.15, 0.2) is 51.7 Å². The van der Waals surface area contributed by atoms with Crippen molar-refractivity contribution < 1.29 is 13.2 Å². The fourth-order valence-corrected chi connectivity index (χ4v) is 5.67. The zero-order valence-electron chi connectivity index (χ0n) is 16.8. The molecule has 0 aliphatic carbocycles. The minimum Gasteiger partial charge on any atom is -0.296 e. The second kappa shape index (κ2) is 9.59. The van der Waals surface area contributed by atoms with Crippen LogP contribution in [-0.2, 0) is 10.0 Å². The van der Waals surface area contributed by atoms with E-state index in [9.17, 15) is 13.2 Å². The maximum atomic E-state index is 12.9. The number of thioether (sulfide) groups is 1. The average molecular weight is 463 g/mol. The van der Waals surface area contributed by atoms with Crippen LogP contribution in [0.3, 0.4) is 0 Å². The van der Waals surface area contributed by atoms with E-state index in [1.807, 2.05) is 19.1 Å². The maximum absolute atomic E-state index is 12.9. The van der Waals surface area contributed by atoms with Crippen molar-refractivity contribution in [2.45, 2.75) is 36.4 Å². The van der Waals surface area contributed by atoms with Gasteiger partial charge >= 0.3 is 0 Å². The molecular formula is C20H22N4O3S3. The summed E-state index contributed by atoms with van der Waals surface area (Å²) in [5.74, 6) is 0.487. The second-order valence-electron chi connectivity index (χ2n) is 6.58. The molecule has 0 spiro atoms. The lowest BCUT2D eigenvalue weighted by Crippen LogP contribution is -2.17. The number of sulfonamides is 1. The molecule has 0 fully saturated rings. The number of carbonyl (C=O) groups excluding carboxylic acids is 1. The molecular weight excluding hydrogens is 440 g/mol. The van der Waals surface area contributed by atoms with Crippen LogP contribution < -0.4 is 10.0 Å². The number of hydrogen-bond donors (Lipinski definition) is 2. The van der Waals surface area contributed by atoms with Crippen LogP contribution in [0, 0.1) is 13.8 Å². The number of nitrogens with one attached hydrogen (secondary N) is 2. The Morgan fingerprint density at radius 2 is 1.87 bits per heavy atom. The number of amides is 1. The molecule has 0 aliphatic heterocycles. The molecule has 10 heteroatoms. The molecule has 1 heterocycles. The van der Waals surface area contributed by atoms with Gasteiger partial charge in [-0.25, -0.2) is 8.42 Å². The van der Waals surface area contributed by atoms with Gasteiger partial charge in [-0.15, -0.1) is 10.2 Å². The molecule has 3 rings (SSSR count). The fraction of sp³-hybridized carbons (Fsp3) is 0.250. The molecule has 0 saturated heterocycles. The summed E-state index contributed by atoms with van der Waals surface area (Å²) in [5, 5.41) is 11.1. The minimum absolute atomic E-state index is 0.0508. The van der Waals surface area contributed by atoms with Crippen molar-refractivity contribution in [3.63, 3.8) is 0 Å². The lowest BCUT2D eigenvalue weighted by atomic mass is 10.1. The predicted molar refractivity (Wildman–Crippen MR) is 122 cm³/mol. The van der Waals surface area contributed by atoms with Gasteiger partial charge in [0.05, 0.1) is 10.6 Å². The summed E-state index contributed by atoms with van der Waals surface area (Å²) >= 11 is 2.87. The molecule has 0 bridgehead atoms. The molecule has 0 radical (unpaired) electrons. The molecule has 2 N–H and O–H groups in total. The van der Waals surface area contributed by atoms with Crippen molar-refractivity contribution in [1.29, 1.82) is 0 Å². The Bertz CT molecular complexity index is 1160. The zero-order valence-corrected chi connectivity index (χ0v) is 19.2. The number of aryl methyl sites for hydroxylation is 2. The topological polar surface area (TPSA) is 101 Å². The molecule has 0 unspecified atom stereocenters. The number of aromatic nitrogens is 2. The van der Waals surface area contributed by atoms with E-state index < -0.39 is 15.9 Å². The SMILES string of the molecule is CCCSc1nnc(NC(=O)c2ccc(C)c(S(=O)(=O)Nc3ccccc3C)c2)s1. The highest BCUT2D eigenvalue weighted by molar-refractivity contribution is 8.01. The normalized spacial score (nSPS) is 11.3. The number of nitrogens with zero attached hydrogens (tertiary/aromatic N) is 2. The Balaban J connectivity index is 1.81. The highest BCUT2D eigenvalue weighted by atomic mass is 32.2. The van der Waals surface area contributed by atoms with Gasteiger partial charge in [-0.2, -0.15) is 0 Å². The van der Waals surface area contributed by atoms with Crippen molar-refractivity contribution in [2.24, 2.45) is 0 Å². The van der Waals surface area contributed by atoms with E-state index in [0.29, 0.717) is 16.4 Å². The molecule has 30 heavy (non-hydrogen) atoms. The van der Waals surface area contributed by atoms with Crippen LogP contribution in [0.1, 0.15) is 34.8 Å². The highest BCUT2D eigenvalue weighted by Gasteiger charge is 2.20. The van der Waals surface area contributed by atoms with E-state index >= 15 is 0 Å². The van der Waals surface area contributed by atoms with Gasteiger partial charge in [-0.1, -0.05) is 54.3 Å². The molecule has 0 saturated carbocycles. The van der Waals surface area contributed by atoms with Gasteiger partial charge in [-0.3, -0.25) is 14.8 Å². The summed E-state index contributed by atoms with van der Waals surface area (Å²) in [6.45, 7) is 5.59. The van der Waals surface area contributed by atoms with Gasteiger partial charge in [0.25, 0.3) is 15.9 Å². The van der Waals surface area contributed by atoms with Crippen LogP contribution in [0.5, 0.6) is 0 Å². The van der Waals surface area contributed by atoms with Crippen LogP contribution in [0.25, 0.3) is 0 Å². The predicted octanol–water partition coefficient (Wildman–Crippen LogP) is 4.71. The van der Waals surface area contributed by atoms with Crippen LogP contribution >= 0.6 is 23.1 Å². The highest BCUT2D eigenvalue weighted by Crippen LogP contribution is 2.27. The smallest absolute Gasteiger partial charge is 0.262 e. The number of carbonyl (C=O) groups is 1. The van der Waals surface area contributed by atoms with Gasteiger partial charge in [0.2, 0.25) is 5.13 Å². The minimum atomic E-state index is -3.86. The van der Waals surface area contributed by atoms with Crippen molar-refractivity contribution in [3.8, 4) is 0 Å². The Kier molecular flexibility index (Phi) is 7.11. The third-order valence-electron chi connectivity index (χ3n) is 4.19. The second-order valence-corrected chi connectivity index (χ2v) is 10.5. The third-order valence-corrected chi connectivity index (χ3v) is 7.87. The van der Waals surface area contributed by atoms with E-state index in [2.05, 4.69) is 27.2 Å². The summed E-state index contributed by atoms with van der Waals surface area (Å²) in [5.41, 5.74) is 2.07. The number of anilines is 2. The Morgan fingerprint density at radius 3 is 2.60 bits per heavy atom. The van der Waals surface area contributed by atoms with Crippen molar-refractivity contribution in [1.82, 2.24) is 10.2 Å². The maximum Gasteiger partial charge on any atom is 0.262 e. The fourth-order valence-electron chi connectivity index (χ4n) is 2.60. The van der Waals surface area contributed by atoms with Gasteiger partial charge in [0.1, 0.15) is 0 Å². The van der Waals surface area contributed by atoms with Crippen LogP contribution in [0.4, 0.5) is 10.8 Å². The summed E-state index contributed by atoms with van der Waals surface area (Å²) in [6.07, 6.45) is 1.02. The first-order chi connectivity index (χ1) is 14.3. The van der Waals surface area contributed by atoms with E-state index in [0.717, 1.165) is 22.1 Å². The standard InChI is InChI=1S/C20H22N4O3S3/c1-4-11-28-20-23-22-19(29-20)21-18(25)15-10-9-14(3)17(12-15)30(26,27)24-16-8-6-5-7-13(16)2/h5-10,12,24H,4,11H2,1-3H3,(H,21,22,25). The van der Waals surface area contributed by atoms with E-state index in [1.54, 1.807) is 43.0 Å². The molecule has 1 aromatic heterocycles. The Morgan fingerprint density at radius 1 is 1.10 bits per heavy atom. The van der Waals surface area contributed by atoms with Crippen molar-refractivity contribution >= 4 is 49.8 Å². The summed E-state index contributed by atoms with van der Waals surface area (Å²) < 4.78 is 29.3. The monoisotopic (exact) mass is 462 g/mol. The number of hydrogen-bond acceptors (Lipinski definition) is 7. The van der Waals surface area contributed by atoms with Gasteiger partial charge < -0.3 is 0 Å². The molecule has 7 nitrogen and oxygen atoms in total. The lowest BCUT2D eigenvalue weighted by molar-refractivity contribution is 0.102. The van der Waals surface area contributed by atoms with Gasteiger partial charge in [-0.05, 0) is 49.6 Å². The number of benzene rings is 2. The van der Waals surface area contributed by atoms with Crippen LogP contribution in [-0.4, -0.2) is 30.3 Å². The molecule has 0 atom stereocenters. The summed E-state index contributed by atoms with van der Waals surface area (Å²) in [7, 11) is -3.86. The first-order valence-corrected chi connectivity index (χ1v) is 12.6. The van der Waals surface area contributed by atoms with E-state index in [1.165, 1.54) is 17.4 Å². The first-order valence-electron chi connectivity index (χ1n) is 9.27. The van der Waals surface area contributed by atoms with E-state index in [4.69, 9.17) is 0 Å². The Labute approximate surface area is 184 Å². The summed E-state index contributed by atoms with van der Waals surface area (Å²) in [4.78, 5) is 12.7. The van der Waals surface area contributed by atoms with Crippen LogP contribution in [0.2, 0.25) is 0 Å². The molecule has 158 valence electrons. The van der Waals surface area contributed by atoms with E-state index in [-0.39, 0.29) is 10.5 Å². The molecule has 3 aromatic rings. The average Bonchev–Trinajstić information content (AvgIpc) is 3.15. The molecule has 2 aromatic carbocycles. The van der Waals surface area contributed by atoms with Gasteiger partial charge in [0, 0.05) is 11.3 Å². The Hall–Kier alpha value is -2.43. The van der Waals surface area contributed by atoms with Crippen molar-refractivity contribution in [3.05, 3.63) is 59.2 Å². The number of rotatable bonds is 8. The molecule has 0 aliphatic rings.